The summed E-state index contributed by atoms with van der Waals surface area (Å²) in [5.74, 6) is 0. The van der Waals surface area contributed by atoms with Crippen LogP contribution in [0.25, 0.3) is 0 Å². The van der Waals surface area contributed by atoms with E-state index in [2.05, 4.69) is 22.7 Å². The molecule has 0 aromatic carbocycles. The molecular weight excluding hydrogens is 204 g/mol. The molecule has 2 heterocycles. The molecule has 2 nitrogen and oxygen atoms in total. The second kappa shape index (κ2) is 4.13. The Morgan fingerprint density at radius 3 is 2.60 bits per heavy atom. The van der Waals surface area contributed by atoms with Crippen LogP contribution < -0.4 is 5.73 Å². The first-order chi connectivity index (χ1) is 7.18. The van der Waals surface area contributed by atoms with E-state index < -0.39 is 0 Å². The highest BCUT2D eigenvalue weighted by Gasteiger charge is 2.11. The van der Waals surface area contributed by atoms with Crippen molar-refractivity contribution in [2.75, 3.05) is 0 Å². The SMILES string of the molecule is Cc1ccc(C(N)c2cscc2C)cn1. The third-order valence-corrected chi connectivity index (χ3v) is 3.40. The van der Waals surface area contributed by atoms with E-state index in [4.69, 9.17) is 5.73 Å². The highest BCUT2D eigenvalue weighted by Crippen LogP contribution is 2.24. The van der Waals surface area contributed by atoms with Gasteiger partial charge in [0, 0.05) is 11.9 Å². The lowest BCUT2D eigenvalue weighted by molar-refractivity contribution is 0.857. The van der Waals surface area contributed by atoms with Crippen molar-refractivity contribution in [1.82, 2.24) is 4.98 Å². The maximum atomic E-state index is 6.18. The molecule has 0 radical (unpaired) electrons. The average molecular weight is 218 g/mol. The van der Waals surface area contributed by atoms with E-state index in [-0.39, 0.29) is 6.04 Å². The highest BCUT2D eigenvalue weighted by molar-refractivity contribution is 7.08. The zero-order chi connectivity index (χ0) is 10.8. The molecule has 2 N–H and O–H groups in total. The Labute approximate surface area is 93.8 Å². The van der Waals surface area contributed by atoms with Crippen molar-refractivity contribution in [3.8, 4) is 0 Å². The van der Waals surface area contributed by atoms with Crippen LogP contribution in [0, 0.1) is 13.8 Å². The monoisotopic (exact) mass is 218 g/mol. The predicted octanol–water partition coefficient (Wildman–Crippen LogP) is 2.81. The Kier molecular flexibility index (Phi) is 2.84. The van der Waals surface area contributed by atoms with E-state index in [0.717, 1.165) is 11.3 Å². The van der Waals surface area contributed by atoms with Gasteiger partial charge in [-0.05, 0) is 47.4 Å². The quantitative estimate of drug-likeness (QED) is 0.841. The summed E-state index contributed by atoms with van der Waals surface area (Å²) in [6, 6.07) is 3.99. The van der Waals surface area contributed by atoms with Crippen LogP contribution in [-0.4, -0.2) is 4.98 Å². The smallest absolute Gasteiger partial charge is 0.0577 e. The minimum atomic E-state index is -0.0515. The van der Waals surface area contributed by atoms with Crippen LogP contribution in [0.1, 0.15) is 28.4 Å². The lowest BCUT2D eigenvalue weighted by atomic mass is 10.0. The minimum absolute atomic E-state index is 0.0515. The molecular formula is C12H14N2S. The van der Waals surface area contributed by atoms with E-state index in [1.165, 1.54) is 11.1 Å². The average Bonchev–Trinajstić information content (AvgIpc) is 2.65. The summed E-state index contributed by atoms with van der Waals surface area (Å²) >= 11 is 1.69. The number of aryl methyl sites for hydroxylation is 2. The third kappa shape index (κ3) is 2.08. The molecule has 2 aromatic heterocycles. The molecule has 2 rings (SSSR count). The van der Waals surface area contributed by atoms with Gasteiger partial charge in [0.15, 0.2) is 0 Å². The number of nitrogens with zero attached hydrogens (tertiary/aromatic N) is 1. The molecule has 0 amide bonds. The molecule has 3 heteroatoms. The first-order valence-corrected chi connectivity index (χ1v) is 5.83. The topological polar surface area (TPSA) is 38.9 Å². The summed E-state index contributed by atoms with van der Waals surface area (Å²) in [5, 5.41) is 4.23. The van der Waals surface area contributed by atoms with Gasteiger partial charge in [0.1, 0.15) is 0 Å². The van der Waals surface area contributed by atoms with E-state index in [1.807, 2.05) is 25.3 Å². The zero-order valence-corrected chi connectivity index (χ0v) is 9.71. The molecule has 1 unspecified atom stereocenters. The molecule has 0 saturated heterocycles. The molecule has 2 aromatic rings. The fourth-order valence-corrected chi connectivity index (χ4v) is 2.42. The fraction of sp³-hybridized carbons (Fsp3) is 0.250. The van der Waals surface area contributed by atoms with Crippen molar-refractivity contribution >= 4 is 11.3 Å². The molecule has 0 spiro atoms. The van der Waals surface area contributed by atoms with Crippen molar-refractivity contribution < 1.29 is 0 Å². The highest BCUT2D eigenvalue weighted by atomic mass is 32.1. The summed E-state index contributed by atoms with van der Waals surface area (Å²) in [6.45, 7) is 4.07. The lowest BCUT2D eigenvalue weighted by Gasteiger charge is -2.11. The van der Waals surface area contributed by atoms with Gasteiger partial charge in [0.05, 0.1) is 6.04 Å². The van der Waals surface area contributed by atoms with Gasteiger partial charge >= 0.3 is 0 Å². The van der Waals surface area contributed by atoms with Crippen molar-refractivity contribution in [3.05, 3.63) is 51.5 Å². The zero-order valence-electron chi connectivity index (χ0n) is 8.90. The minimum Gasteiger partial charge on any atom is -0.320 e. The Morgan fingerprint density at radius 2 is 2.07 bits per heavy atom. The first-order valence-electron chi connectivity index (χ1n) is 4.89. The summed E-state index contributed by atoms with van der Waals surface area (Å²) in [4.78, 5) is 4.26. The summed E-state index contributed by atoms with van der Waals surface area (Å²) < 4.78 is 0. The van der Waals surface area contributed by atoms with Crippen molar-refractivity contribution in [3.63, 3.8) is 0 Å². The normalized spacial score (nSPS) is 12.7. The van der Waals surface area contributed by atoms with Crippen LogP contribution >= 0.6 is 11.3 Å². The first kappa shape index (κ1) is 10.3. The van der Waals surface area contributed by atoms with Crippen molar-refractivity contribution in [2.24, 2.45) is 5.73 Å². The predicted molar refractivity (Wildman–Crippen MR) is 64.1 cm³/mol. The molecule has 15 heavy (non-hydrogen) atoms. The standard InChI is InChI=1S/C12H14N2S/c1-8-6-15-7-11(8)12(13)10-4-3-9(2)14-5-10/h3-7,12H,13H2,1-2H3. The molecule has 0 bridgehead atoms. The molecule has 0 fully saturated rings. The number of hydrogen-bond acceptors (Lipinski definition) is 3. The molecule has 1 atom stereocenters. The molecule has 0 saturated carbocycles. The summed E-state index contributed by atoms with van der Waals surface area (Å²) in [5.41, 5.74) is 10.7. The second-order valence-electron chi connectivity index (χ2n) is 3.72. The molecule has 0 aliphatic rings. The third-order valence-electron chi connectivity index (χ3n) is 2.52. The van der Waals surface area contributed by atoms with E-state index in [9.17, 15) is 0 Å². The van der Waals surface area contributed by atoms with Gasteiger partial charge in [-0.3, -0.25) is 4.98 Å². The van der Waals surface area contributed by atoms with Gasteiger partial charge in [-0.25, -0.2) is 0 Å². The fourth-order valence-electron chi connectivity index (χ4n) is 1.53. The number of rotatable bonds is 2. The van der Waals surface area contributed by atoms with E-state index >= 15 is 0 Å². The van der Waals surface area contributed by atoms with Gasteiger partial charge in [0.2, 0.25) is 0 Å². The summed E-state index contributed by atoms with van der Waals surface area (Å²) in [7, 11) is 0. The Balaban J connectivity index is 2.32. The molecule has 78 valence electrons. The van der Waals surface area contributed by atoms with Crippen molar-refractivity contribution in [1.29, 1.82) is 0 Å². The lowest BCUT2D eigenvalue weighted by Crippen LogP contribution is -2.12. The van der Waals surface area contributed by atoms with Crippen LogP contribution in [0.5, 0.6) is 0 Å². The summed E-state index contributed by atoms with van der Waals surface area (Å²) in [6.07, 6.45) is 1.86. The van der Waals surface area contributed by atoms with Gasteiger partial charge in [-0.1, -0.05) is 6.07 Å². The maximum absolute atomic E-state index is 6.18. The Bertz CT molecular complexity index is 445. The van der Waals surface area contributed by atoms with Crippen LogP contribution in [0.2, 0.25) is 0 Å². The van der Waals surface area contributed by atoms with Crippen LogP contribution in [0.3, 0.4) is 0 Å². The second-order valence-corrected chi connectivity index (χ2v) is 4.46. The maximum Gasteiger partial charge on any atom is 0.0577 e. The number of nitrogens with two attached hydrogens (primary N) is 1. The van der Waals surface area contributed by atoms with Gasteiger partial charge in [-0.2, -0.15) is 11.3 Å². The van der Waals surface area contributed by atoms with Crippen LogP contribution in [-0.2, 0) is 0 Å². The largest absolute Gasteiger partial charge is 0.320 e. The number of pyridine rings is 1. The van der Waals surface area contributed by atoms with Crippen LogP contribution in [0.4, 0.5) is 0 Å². The Hall–Kier alpha value is -1.19. The number of thiophene rings is 1. The molecule has 0 aliphatic carbocycles. The number of aromatic nitrogens is 1. The van der Waals surface area contributed by atoms with Gasteiger partial charge in [-0.15, -0.1) is 0 Å². The van der Waals surface area contributed by atoms with Gasteiger partial charge < -0.3 is 5.73 Å². The van der Waals surface area contributed by atoms with Crippen molar-refractivity contribution in [2.45, 2.75) is 19.9 Å². The van der Waals surface area contributed by atoms with E-state index in [0.29, 0.717) is 0 Å². The Morgan fingerprint density at radius 1 is 1.27 bits per heavy atom. The number of hydrogen-bond donors (Lipinski definition) is 1. The van der Waals surface area contributed by atoms with Crippen LogP contribution in [0.15, 0.2) is 29.1 Å². The van der Waals surface area contributed by atoms with Gasteiger partial charge in [0.25, 0.3) is 0 Å². The molecule has 0 aliphatic heterocycles. The van der Waals surface area contributed by atoms with E-state index in [1.54, 1.807) is 11.3 Å².